The molecule has 1 heterocycles. The lowest BCUT2D eigenvalue weighted by Crippen LogP contribution is -2.42. The van der Waals surface area contributed by atoms with E-state index in [1.807, 2.05) is 23.6 Å². The number of carbonyl (C=O) groups excluding carboxylic acids is 2. The lowest BCUT2D eigenvalue weighted by atomic mass is 10.1. The highest BCUT2D eigenvalue weighted by Crippen LogP contribution is 2.31. The number of thioether (sulfide) groups is 1. The molecule has 0 saturated carbocycles. The summed E-state index contributed by atoms with van der Waals surface area (Å²) >= 11 is 13.6. The summed E-state index contributed by atoms with van der Waals surface area (Å²) in [5, 5.41) is 10.1. The summed E-state index contributed by atoms with van der Waals surface area (Å²) in [7, 11) is 0. The second-order valence-electron chi connectivity index (χ2n) is 7.59. The van der Waals surface area contributed by atoms with Gasteiger partial charge in [-0.25, -0.2) is 0 Å². The Balaban J connectivity index is 1.66. The summed E-state index contributed by atoms with van der Waals surface area (Å²) in [5.74, 6) is 0.235. The molecule has 168 valence electrons. The molecule has 3 aromatic rings. The summed E-state index contributed by atoms with van der Waals surface area (Å²) in [6, 6.07) is 12.3. The summed E-state index contributed by atoms with van der Waals surface area (Å²) in [4.78, 5) is 24.4. The van der Waals surface area contributed by atoms with Crippen LogP contribution in [0.5, 0.6) is 0 Å². The SMILES string of the molecule is Cc1ccc(C(=O)NNC(=O)CSc2nnc(-c3ccc(Cl)cc3Cl)n2CC(C)C)cc1. The molecular weight excluding hydrogens is 469 g/mol. The van der Waals surface area contributed by atoms with Crippen LogP contribution >= 0.6 is 35.0 Å². The van der Waals surface area contributed by atoms with Gasteiger partial charge in [-0.2, -0.15) is 0 Å². The molecule has 0 aliphatic rings. The Labute approximate surface area is 200 Å². The van der Waals surface area contributed by atoms with Crippen LogP contribution in [0.4, 0.5) is 0 Å². The number of rotatable bonds is 7. The molecule has 0 unspecified atom stereocenters. The standard InChI is InChI=1S/C22H23Cl2N5O2S/c1-13(2)11-29-20(17-9-8-16(23)10-18(17)24)26-28-22(29)32-12-19(30)25-27-21(31)15-6-4-14(3)5-7-15/h4-10,13H,11-12H2,1-3H3,(H,25,30)(H,27,31). The van der Waals surface area contributed by atoms with Gasteiger partial charge in [-0.15, -0.1) is 10.2 Å². The average molecular weight is 492 g/mol. The van der Waals surface area contributed by atoms with Gasteiger partial charge in [0, 0.05) is 22.7 Å². The molecule has 10 heteroatoms. The minimum absolute atomic E-state index is 0.0543. The fourth-order valence-corrected chi connectivity index (χ4v) is 4.11. The number of carbonyl (C=O) groups is 2. The fraction of sp³-hybridized carbons (Fsp3) is 0.273. The van der Waals surface area contributed by atoms with E-state index in [0.717, 1.165) is 5.56 Å². The van der Waals surface area contributed by atoms with E-state index < -0.39 is 0 Å². The van der Waals surface area contributed by atoms with Gasteiger partial charge in [-0.1, -0.05) is 66.5 Å². The van der Waals surface area contributed by atoms with Crippen molar-refractivity contribution < 1.29 is 9.59 Å². The zero-order valence-electron chi connectivity index (χ0n) is 17.9. The van der Waals surface area contributed by atoms with E-state index in [-0.39, 0.29) is 17.6 Å². The van der Waals surface area contributed by atoms with E-state index in [4.69, 9.17) is 23.2 Å². The Kier molecular flexibility index (Phi) is 8.17. The van der Waals surface area contributed by atoms with Crippen LogP contribution in [0.1, 0.15) is 29.8 Å². The maximum atomic E-state index is 12.3. The highest BCUT2D eigenvalue weighted by Gasteiger charge is 2.19. The van der Waals surface area contributed by atoms with E-state index in [1.54, 1.807) is 30.3 Å². The van der Waals surface area contributed by atoms with Crippen molar-refractivity contribution in [3.63, 3.8) is 0 Å². The number of aromatic nitrogens is 3. The second kappa shape index (κ2) is 10.8. The summed E-state index contributed by atoms with van der Waals surface area (Å²) < 4.78 is 1.93. The maximum absolute atomic E-state index is 12.3. The molecule has 2 amide bonds. The quantitative estimate of drug-likeness (QED) is 0.367. The number of nitrogens with one attached hydrogen (secondary N) is 2. The molecule has 0 saturated heterocycles. The van der Waals surface area contributed by atoms with Gasteiger partial charge >= 0.3 is 0 Å². The normalized spacial score (nSPS) is 10.9. The Bertz CT molecular complexity index is 1120. The molecule has 0 atom stereocenters. The minimum Gasteiger partial charge on any atom is -0.302 e. The Hall–Kier alpha value is -2.55. The first-order chi connectivity index (χ1) is 15.2. The highest BCUT2D eigenvalue weighted by atomic mass is 35.5. The molecule has 0 spiro atoms. The van der Waals surface area contributed by atoms with Crippen LogP contribution in [0.25, 0.3) is 11.4 Å². The number of hydrogen-bond donors (Lipinski definition) is 2. The van der Waals surface area contributed by atoms with Gasteiger partial charge in [0.25, 0.3) is 5.91 Å². The number of aryl methyl sites for hydroxylation is 1. The summed E-state index contributed by atoms with van der Waals surface area (Å²) in [5.41, 5.74) is 7.07. The third kappa shape index (κ3) is 6.25. The van der Waals surface area contributed by atoms with Crippen molar-refractivity contribution in [1.82, 2.24) is 25.6 Å². The van der Waals surface area contributed by atoms with Crippen molar-refractivity contribution in [3.05, 3.63) is 63.6 Å². The number of benzene rings is 2. The monoisotopic (exact) mass is 491 g/mol. The second-order valence-corrected chi connectivity index (χ2v) is 9.38. The molecule has 0 bridgehead atoms. The van der Waals surface area contributed by atoms with Crippen LogP contribution in [-0.2, 0) is 11.3 Å². The van der Waals surface area contributed by atoms with Crippen molar-refractivity contribution in [2.24, 2.45) is 5.92 Å². The average Bonchev–Trinajstić information content (AvgIpc) is 3.12. The van der Waals surface area contributed by atoms with Crippen LogP contribution < -0.4 is 10.9 Å². The first-order valence-corrected chi connectivity index (χ1v) is 11.7. The molecule has 0 aliphatic heterocycles. The van der Waals surface area contributed by atoms with Crippen molar-refractivity contribution >= 4 is 46.8 Å². The number of amides is 2. The van der Waals surface area contributed by atoms with Gasteiger partial charge in [0.15, 0.2) is 11.0 Å². The number of hydrazine groups is 1. The van der Waals surface area contributed by atoms with E-state index >= 15 is 0 Å². The minimum atomic E-state index is -0.383. The molecule has 0 fully saturated rings. The molecule has 2 N–H and O–H groups in total. The Morgan fingerprint density at radius 2 is 1.78 bits per heavy atom. The third-order valence-corrected chi connectivity index (χ3v) is 5.91. The predicted octanol–water partition coefficient (Wildman–Crippen LogP) is 4.77. The Morgan fingerprint density at radius 1 is 1.06 bits per heavy atom. The molecule has 0 radical (unpaired) electrons. The van der Waals surface area contributed by atoms with Crippen LogP contribution in [0.15, 0.2) is 47.6 Å². The fourth-order valence-electron chi connectivity index (χ4n) is 2.87. The Morgan fingerprint density at radius 3 is 2.44 bits per heavy atom. The molecule has 7 nitrogen and oxygen atoms in total. The van der Waals surface area contributed by atoms with Gasteiger partial charge in [0.05, 0.1) is 10.8 Å². The molecule has 32 heavy (non-hydrogen) atoms. The van der Waals surface area contributed by atoms with Crippen molar-refractivity contribution in [3.8, 4) is 11.4 Å². The molecular formula is C22H23Cl2N5O2S. The molecule has 2 aromatic carbocycles. The van der Waals surface area contributed by atoms with E-state index in [1.165, 1.54) is 11.8 Å². The van der Waals surface area contributed by atoms with Gasteiger partial charge in [0.2, 0.25) is 5.91 Å². The van der Waals surface area contributed by atoms with Gasteiger partial charge in [-0.3, -0.25) is 20.4 Å². The predicted molar refractivity (Wildman–Crippen MR) is 128 cm³/mol. The molecule has 0 aliphatic carbocycles. The molecule has 1 aromatic heterocycles. The zero-order chi connectivity index (χ0) is 23.3. The summed E-state index contributed by atoms with van der Waals surface area (Å²) in [6.07, 6.45) is 0. The van der Waals surface area contributed by atoms with Crippen LogP contribution in [0, 0.1) is 12.8 Å². The molecule has 3 rings (SSSR count). The first kappa shape index (κ1) is 24.1. The van der Waals surface area contributed by atoms with E-state index in [0.29, 0.717) is 44.6 Å². The van der Waals surface area contributed by atoms with Crippen LogP contribution in [-0.4, -0.2) is 32.3 Å². The lowest BCUT2D eigenvalue weighted by molar-refractivity contribution is -0.119. The smallest absolute Gasteiger partial charge is 0.269 e. The first-order valence-electron chi connectivity index (χ1n) is 9.92. The number of nitrogens with zero attached hydrogens (tertiary/aromatic N) is 3. The van der Waals surface area contributed by atoms with Crippen LogP contribution in [0.3, 0.4) is 0 Å². The lowest BCUT2D eigenvalue weighted by Gasteiger charge is -2.13. The number of halogens is 2. The zero-order valence-corrected chi connectivity index (χ0v) is 20.2. The summed E-state index contributed by atoms with van der Waals surface area (Å²) in [6.45, 7) is 6.74. The van der Waals surface area contributed by atoms with Crippen molar-refractivity contribution in [2.45, 2.75) is 32.5 Å². The third-order valence-electron chi connectivity index (χ3n) is 4.40. The van der Waals surface area contributed by atoms with Crippen molar-refractivity contribution in [1.29, 1.82) is 0 Å². The van der Waals surface area contributed by atoms with Crippen LogP contribution in [0.2, 0.25) is 10.0 Å². The van der Waals surface area contributed by atoms with Gasteiger partial charge < -0.3 is 4.57 Å². The van der Waals surface area contributed by atoms with Gasteiger partial charge in [0.1, 0.15) is 0 Å². The topological polar surface area (TPSA) is 88.9 Å². The van der Waals surface area contributed by atoms with Crippen molar-refractivity contribution in [2.75, 3.05) is 5.75 Å². The largest absolute Gasteiger partial charge is 0.302 e. The van der Waals surface area contributed by atoms with E-state index in [9.17, 15) is 9.59 Å². The maximum Gasteiger partial charge on any atom is 0.269 e. The highest BCUT2D eigenvalue weighted by molar-refractivity contribution is 7.99. The number of hydrogen-bond acceptors (Lipinski definition) is 5. The van der Waals surface area contributed by atoms with E-state index in [2.05, 4.69) is 34.9 Å². The van der Waals surface area contributed by atoms with Gasteiger partial charge in [-0.05, 0) is 43.2 Å².